The number of methoxy groups -OCH3 is 1. The molecule has 3 rings (SSSR count). The smallest absolute Gasteiger partial charge is 0.492 e. The van der Waals surface area contributed by atoms with Crippen LogP contribution in [-0.4, -0.2) is 37.1 Å². The second kappa shape index (κ2) is 9.93. The quantitative estimate of drug-likeness (QED) is 0.429. The number of para-hydroxylation sites is 1. The summed E-state index contributed by atoms with van der Waals surface area (Å²) >= 11 is 11.6. The maximum absolute atomic E-state index is 12.9. The summed E-state index contributed by atoms with van der Waals surface area (Å²) in [7, 11) is 1.22. The predicted octanol–water partition coefficient (Wildman–Crippen LogP) is 5.43. The number of thiocarbonyl (C=S) groups is 1. The number of esters is 1. The van der Waals surface area contributed by atoms with Crippen molar-refractivity contribution in [1.82, 2.24) is 0 Å². The van der Waals surface area contributed by atoms with Crippen LogP contribution < -0.4 is 14.8 Å². The molecule has 2 aromatic carbocycles. The summed E-state index contributed by atoms with van der Waals surface area (Å²) in [5, 5.41) is 3.40. The fourth-order valence-electron chi connectivity index (χ4n) is 3.29. The molecule has 2 atom stereocenters. The van der Waals surface area contributed by atoms with Gasteiger partial charge in [-0.15, -0.1) is 13.2 Å². The lowest BCUT2D eigenvalue weighted by atomic mass is 9.98. The highest BCUT2D eigenvalue weighted by Crippen LogP contribution is 2.45. The zero-order valence-corrected chi connectivity index (χ0v) is 18.6. The van der Waals surface area contributed by atoms with Crippen molar-refractivity contribution in [2.45, 2.75) is 31.9 Å². The van der Waals surface area contributed by atoms with Crippen LogP contribution in [0.25, 0.3) is 0 Å². The Labute approximate surface area is 192 Å². The van der Waals surface area contributed by atoms with Gasteiger partial charge in [0.05, 0.1) is 20.1 Å². The van der Waals surface area contributed by atoms with Crippen LogP contribution in [0.5, 0.6) is 11.5 Å². The lowest BCUT2D eigenvalue weighted by molar-refractivity contribution is -0.275. The molecule has 6 nitrogen and oxygen atoms in total. The number of anilines is 1. The number of carbonyl (C=O) groups is 1. The molecule has 0 radical (unpaired) electrons. The minimum Gasteiger partial charge on any atom is -0.492 e. The van der Waals surface area contributed by atoms with E-state index in [0.717, 1.165) is 6.07 Å². The van der Waals surface area contributed by atoms with E-state index in [9.17, 15) is 18.0 Å². The van der Waals surface area contributed by atoms with Gasteiger partial charge < -0.3 is 24.3 Å². The van der Waals surface area contributed by atoms with Crippen molar-refractivity contribution in [3.05, 3.63) is 52.5 Å². The lowest BCUT2D eigenvalue weighted by Crippen LogP contribution is -2.31. The third-order valence-electron chi connectivity index (χ3n) is 4.53. The van der Waals surface area contributed by atoms with Crippen LogP contribution in [0.2, 0.25) is 5.02 Å². The Kier molecular flexibility index (Phi) is 7.47. The average Bonchev–Trinajstić information content (AvgIpc) is 2.83. The van der Waals surface area contributed by atoms with Gasteiger partial charge in [0.2, 0.25) is 0 Å². The summed E-state index contributed by atoms with van der Waals surface area (Å²) in [4.78, 5) is 12.3. The lowest BCUT2D eigenvalue weighted by Gasteiger charge is -2.25. The van der Waals surface area contributed by atoms with Crippen molar-refractivity contribution < 1.29 is 36.9 Å². The van der Waals surface area contributed by atoms with E-state index in [0.29, 0.717) is 16.3 Å². The van der Waals surface area contributed by atoms with Gasteiger partial charge in [0.1, 0.15) is 17.2 Å². The number of hydrogen-bond donors (Lipinski definition) is 1. The molecule has 11 heteroatoms. The van der Waals surface area contributed by atoms with E-state index in [-0.39, 0.29) is 29.3 Å². The van der Waals surface area contributed by atoms with E-state index in [4.69, 9.17) is 38.0 Å². The Morgan fingerprint density at radius 1 is 1.25 bits per heavy atom. The summed E-state index contributed by atoms with van der Waals surface area (Å²) in [6, 6.07) is 8.93. The van der Waals surface area contributed by atoms with E-state index in [1.807, 2.05) is 0 Å². The molecule has 0 spiro atoms. The molecule has 0 bridgehead atoms. The Morgan fingerprint density at radius 2 is 2.00 bits per heavy atom. The highest BCUT2D eigenvalue weighted by molar-refractivity contribution is 7.80. The summed E-state index contributed by atoms with van der Waals surface area (Å²) in [5.41, 5.74) is 1.26. The van der Waals surface area contributed by atoms with E-state index in [1.165, 1.54) is 19.2 Å². The van der Waals surface area contributed by atoms with E-state index >= 15 is 0 Å². The fourth-order valence-corrected chi connectivity index (χ4v) is 3.72. The van der Waals surface area contributed by atoms with Gasteiger partial charge in [0, 0.05) is 21.8 Å². The molecule has 0 saturated heterocycles. The number of ether oxygens (including phenoxy) is 4. The van der Waals surface area contributed by atoms with Crippen LogP contribution in [0.4, 0.5) is 18.9 Å². The number of fused-ring (bicyclic) bond motifs is 1. The van der Waals surface area contributed by atoms with Crippen LogP contribution >= 0.6 is 23.8 Å². The van der Waals surface area contributed by atoms with Gasteiger partial charge in [-0.1, -0.05) is 36.0 Å². The zero-order valence-electron chi connectivity index (χ0n) is 17.0. The molecule has 0 fully saturated rings. The van der Waals surface area contributed by atoms with Gasteiger partial charge in [-0.25, -0.2) is 0 Å². The molecule has 0 saturated carbocycles. The number of rotatable bonds is 6. The molecule has 0 amide bonds. The van der Waals surface area contributed by atoms with Crippen molar-refractivity contribution in [2.75, 3.05) is 19.0 Å². The Morgan fingerprint density at radius 3 is 2.66 bits per heavy atom. The largest absolute Gasteiger partial charge is 0.573 e. The second-order valence-electron chi connectivity index (χ2n) is 6.66. The molecule has 1 heterocycles. The van der Waals surface area contributed by atoms with Crippen LogP contribution in [-0.2, 0) is 14.3 Å². The summed E-state index contributed by atoms with van der Waals surface area (Å²) < 4.78 is 59.3. The molecule has 0 aliphatic carbocycles. The first-order chi connectivity index (χ1) is 15.1. The maximum atomic E-state index is 12.9. The van der Waals surface area contributed by atoms with Gasteiger partial charge in [0.25, 0.3) is 0 Å². The zero-order chi connectivity index (χ0) is 23.5. The predicted molar refractivity (Wildman–Crippen MR) is 115 cm³/mol. The topological polar surface area (TPSA) is 66.0 Å². The maximum Gasteiger partial charge on any atom is 0.573 e. The van der Waals surface area contributed by atoms with E-state index < -0.39 is 30.3 Å². The minimum absolute atomic E-state index is 0.176. The van der Waals surface area contributed by atoms with Crippen molar-refractivity contribution in [1.29, 1.82) is 0 Å². The van der Waals surface area contributed by atoms with Crippen molar-refractivity contribution >= 4 is 40.5 Å². The summed E-state index contributed by atoms with van der Waals surface area (Å²) in [6.45, 7) is 1.84. The number of hydrogen-bond acceptors (Lipinski definition) is 6. The molecule has 0 unspecified atom stereocenters. The van der Waals surface area contributed by atoms with Gasteiger partial charge in [-0.05, 0) is 31.2 Å². The van der Waals surface area contributed by atoms with Crippen LogP contribution in [0.1, 0.15) is 30.6 Å². The number of alkyl halides is 3. The minimum atomic E-state index is -4.92. The van der Waals surface area contributed by atoms with E-state index in [1.54, 1.807) is 25.1 Å². The number of benzene rings is 2. The third-order valence-corrected chi connectivity index (χ3v) is 5.13. The van der Waals surface area contributed by atoms with Gasteiger partial charge in [-0.3, -0.25) is 4.79 Å². The number of halogens is 4. The molecule has 1 aliphatic rings. The fraction of sp³-hybridized carbons (Fsp3) is 0.333. The first-order valence-electron chi connectivity index (χ1n) is 9.47. The SMILES string of the molecule is CCOC(=O)C[C@H]1O[C@H](c2cccc(OC(F)(F)F)c2OC)c2cc(Cl)ccc2NC1=S. The van der Waals surface area contributed by atoms with Crippen molar-refractivity contribution in [2.24, 2.45) is 0 Å². The van der Waals surface area contributed by atoms with Crippen LogP contribution in [0.3, 0.4) is 0 Å². The molecular weight excluding hydrogens is 471 g/mol. The summed E-state index contributed by atoms with van der Waals surface area (Å²) in [5.74, 6) is -1.25. The Balaban J connectivity index is 2.11. The van der Waals surface area contributed by atoms with E-state index in [2.05, 4.69) is 10.1 Å². The number of nitrogens with one attached hydrogen (secondary N) is 1. The summed E-state index contributed by atoms with van der Waals surface area (Å²) in [6.07, 6.45) is -7.02. The first kappa shape index (κ1) is 24.1. The monoisotopic (exact) mass is 489 g/mol. The molecule has 2 aromatic rings. The highest BCUT2D eigenvalue weighted by Gasteiger charge is 2.36. The van der Waals surface area contributed by atoms with Crippen molar-refractivity contribution in [3.63, 3.8) is 0 Å². The molecule has 1 N–H and O–H groups in total. The molecular formula is C21H19ClF3NO5S. The first-order valence-corrected chi connectivity index (χ1v) is 10.3. The van der Waals surface area contributed by atoms with Gasteiger partial charge >= 0.3 is 12.3 Å². The average molecular weight is 490 g/mol. The Hall–Kier alpha value is -2.56. The second-order valence-corrected chi connectivity index (χ2v) is 7.54. The molecule has 172 valence electrons. The third kappa shape index (κ3) is 5.62. The number of carbonyl (C=O) groups excluding carboxylic acids is 1. The highest BCUT2D eigenvalue weighted by atomic mass is 35.5. The Bertz CT molecular complexity index is 1020. The molecule has 32 heavy (non-hydrogen) atoms. The van der Waals surface area contributed by atoms with Crippen LogP contribution in [0, 0.1) is 0 Å². The molecule has 1 aliphatic heterocycles. The van der Waals surface area contributed by atoms with Gasteiger partial charge in [0.15, 0.2) is 11.5 Å². The van der Waals surface area contributed by atoms with Gasteiger partial charge in [-0.2, -0.15) is 0 Å². The normalized spacial score (nSPS) is 18.2. The molecule has 0 aromatic heterocycles. The standard InChI is InChI=1S/C21H19ClF3NO5S/c1-3-29-17(27)10-16-20(32)26-14-8-7-11(22)9-13(14)18(30-16)12-5-4-6-15(19(12)28-2)31-21(23,24)25/h4-9,16,18H,3,10H2,1-2H3,(H,26,32)/t16-,18-/m1/s1. The van der Waals surface area contributed by atoms with Crippen molar-refractivity contribution in [3.8, 4) is 11.5 Å². The van der Waals surface area contributed by atoms with Crippen LogP contribution in [0.15, 0.2) is 36.4 Å².